The summed E-state index contributed by atoms with van der Waals surface area (Å²) in [6.07, 6.45) is -2.95. The van der Waals surface area contributed by atoms with E-state index in [1.165, 1.54) is 24.3 Å². The van der Waals surface area contributed by atoms with Crippen LogP contribution in [-0.4, -0.2) is 50.6 Å². The van der Waals surface area contributed by atoms with Gasteiger partial charge < -0.3 is 14.2 Å². The van der Waals surface area contributed by atoms with Gasteiger partial charge in [-0.05, 0) is 82.2 Å². The molecule has 9 nitrogen and oxygen atoms in total. The van der Waals surface area contributed by atoms with Gasteiger partial charge in [0, 0.05) is 36.8 Å². The molecule has 0 radical (unpaired) electrons. The first-order valence-electron chi connectivity index (χ1n) is 13.1. The number of nitrogens with zero attached hydrogens (tertiary/aromatic N) is 7. The summed E-state index contributed by atoms with van der Waals surface area (Å²) in [5, 5.41) is 8.55. The van der Waals surface area contributed by atoms with Crippen LogP contribution >= 0.6 is 0 Å². The number of aromatic nitrogens is 5. The second-order valence-corrected chi connectivity index (χ2v) is 10.2. The van der Waals surface area contributed by atoms with Crippen LogP contribution in [0.25, 0.3) is 23.0 Å². The zero-order valence-corrected chi connectivity index (χ0v) is 24.3. The molecule has 0 saturated heterocycles. The average molecular weight is 580 g/mol. The van der Waals surface area contributed by atoms with Crippen LogP contribution in [0.2, 0.25) is 0 Å². The maximum Gasteiger partial charge on any atom is 0.573 e. The summed E-state index contributed by atoms with van der Waals surface area (Å²) in [6, 6.07) is 11.0. The van der Waals surface area contributed by atoms with E-state index in [1.807, 2.05) is 52.2 Å². The normalized spacial score (nSPS) is 11.3. The highest BCUT2D eigenvalue weighted by molar-refractivity contribution is 5.80. The first kappa shape index (κ1) is 30.2. The first-order chi connectivity index (χ1) is 19.8. The van der Waals surface area contributed by atoms with E-state index >= 15 is 0 Å². The molecule has 0 unspecified atom stereocenters. The number of benzene rings is 1. The number of likely N-dealkylation sites (N-methyl/N-ethyl adjacent to an activating group) is 1. The van der Waals surface area contributed by atoms with Gasteiger partial charge in [-0.2, -0.15) is 10.1 Å². The summed E-state index contributed by atoms with van der Waals surface area (Å²) in [5.74, 6) is 0.892. The Kier molecular flexibility index (Phi) is 8.93. The monoisotopic (exact) mass is 579 g/mol. The van der Waals surface area contributed by atoms with E-state index in [0.29, 0.717) is 24.3 Å². The Morgan fingerprint density at radius 1 is 1.10 bits per heavy atom. The first-order valence-corrected chi connectivity index (χ1v) is 13.1. The molecule has 0 aliphatic carbocycles. The third-order valence-corrected chi connectivity index (χ3v) is 6.21. The van der Waals surface area contributed by atoms with Crippen molar-refractivity contribution in [3.05, 3.63) is 83.3 Å². The van der Waals surface area contributed by atoms with Gasteiger partial charge in [0.15, 0.2) is 5.69 Å². The lowest BCUT2D eigenvalue weighted by atomic mass is 10.1. The van der Waals surface area contributed by atoms with Crippen LogP contribution < -0.4 is 9.64 Å². The molecule has 0 fully saturated rings. The predicted molar refractivity (Wildman–Crippen MR) is 155 cm³/mol. The van der Waals surface area contributed by atoms with Gasteiger partial charge in [0.25, 0.3) is 5.89 Å². The van der Waals surface area contributed by atoms with Gasteiger partial charge in [0.2, 0.25) is 5.82 Å². The molecule has 0 N–H and O–H groups in total. The summed E-state index contributed by atoms with van der Waals surface area (Å²) in [7, 11) is 1.98. The van der Waals surface area contributed by atoms with Crippen molar-refractivity contribution in [2.75, 3.05) is 18.5 Å². The van der Waals surface area contributed by atoms with Crippen LogP contribution in [0.1, 0.15) is 39.0 Å². The Labute approximate surface area is 242 Å². The van der Waals surface area contributed by atoms with Gasteiger partial charge in [-0.25, -0.2) is 4.98 Å². The molecule has 3 aromatic heterocycles. The van der Waals surface area contributed by atoms with E-state index in [1.54, 1.807) is 4.68 Å². The van der Waals surface area contributed by atoms with Crippen LogP contribution in [0.4, 0.5) is 19.0 Å². The number of rotatable bonds is 10. The molecule has 42 heavy (non-hydrogen) atoms. The zero-order chi connectivity index (χ0) is 30.6. The third kappa shape index (κ3) is 7.71. The summed E-state index contributed by atoms with van der Waals surface area (Å²) in [5.41, 5.74) is 6.71. The van der Waals surface area contributed by atoms with Gasteiger partial charge >= 0.3 is 6.36 Å². The maximum absolute atomic E-state index is 12.4. The number of alkyl halides is 3. The highest BCUT2D eigenvalue weighted by atomic mass is 19.4. The minimum absolute atomic E-state index is 0.192. The number of ether oxygens (including phenoxy) is 1. The molecule has 0 spiro atoms. The largest absolute Gasteiger partial charge is 0.573 e. The van der Waals surface area contributed by atoms with Gasteiger partial charge in [0.1, 0.15) is 11.6 Å². The minimum Gasteiger partial charge on any atom is -0.406 e. The molecule has 0 bridgehead atoms. The number of pyridine rings is 1. The van der Waals surface area contributed by atoms with Crippen LogP contribution in [0.3, 0.4) is 0 Å². The van der Waals surface area contributed by atoms with Crippen molar-refractivity contribution in [1.29, 1.82) is 0 Å². The van der Waals surface area contributed by atoms with Crippen molar-refractivity contribution in [3.63, 3.8) is 0 Å². The topological polar surface area (TPSA) is 94.5 Å². The molecule has 1 aromatic carbocycles. The second-order valence-electron chi connectivity index (χ2n) is 10.2. The average Bonchev–Trinajstić information content (AvgIpc) is 3.53. The van der Waals surface area contributed by atoms with Crippen molar-refractivity contribution in [2.24, 2.45) is 4.99 Å². The smallest absolute Gasteiger partial charge is 0.406 e. The molecular formula is C30H32F3N7O2. The van der Waals surface area contributed by atoms with Crippen molar-refractivity contribution >= 4 is 11.5 Å². The minimum atomic E-state index is -4.76. The number of hydrogen-bond acceptors (Lipinski definition) is 8. The lowest BCUT2D eigenvalue weighted by Gasteiger charge is -2.21. The van der Waals surface area contributed by atoms with E-state index < -0.39 is 6.36 Å². The van der Waals surface area contributed by atoms with Gasteiger partial charge in [-0.3, -0.25) is 9.67 Å². The maximum atomic E-state index is 12.4. The Balaban J connectivity index is 1.43. The highest BCUT2D eigenvalue weighted by Gasteiger charge is 2.31. The number of allylic oxidation sites excluding steroid dienone is 1. The molecular weight excluding hydrogens is 547 g/mol. The third-order valence-electron chi connectivity index (χ3n) is 6.21. The Morgan fingerprint density at radius 3 is 2.40 bits per heavy atom. The van der Waals surface area contributed by atoms with Crippen molar-refractivity contribution < 1.29 is 22.4 Å². The van der Waals surface area contributed by atoms with E-state index in [2.05, 4.69) is 55.3 Å². The Morgan fingerprint density at radius 2 is 1.81 bits per heavy atom. The second kappa shape index (κ2) is 12.4. The molecule has 0 aliphatic rings. The summed E-state index contributed by atoms with van der Waals surface area (Å²) in [4.78, 5) is 15.6. The lowest BCUT2D eigenvalue weighted by molar-refractivity contribution is -0.274. The van der Waals surface area contributed by atoms with Crippen molar-refractivity contribution in [2.45, 2.75) is 47.5 Å². The molecule has 0 saturated carbocycles. The number of aryl methyl sites for hydroxylation is 1. The quantitative estimate of drug-likeness (QED) is 0.147. The van der Waals surface area contributed by atoms with Crippen LogP contribution in [0.5, 0.6) is 5.75 Å². The zero-order valence-electron chi connectivity index (χ0n) is 24.3. The summed E-state index contributed by atoms with van der Waals surface area (Å²) < 4.78 is 48.3. The molecule has 220 valence electrons. The van der Waals surface area contributed by atoms with Gasteiger partial charge in [0.05, 0.1) is 12.2 Å². The molecule has 3 heterocycles. The van der Waals surface area contributed by atoms with Crippen LogP contribution in [-0.2, 0) is 6.54 Å². The lowest BCUT2D eigenvalue weighted by Crippen LogP contribution is -2.22. The van der Waals surface area contributed by atoms with Gasteiger partial charge in [-0.1, -0.05) is 23.4 Å². The van der Waals surface area contributed by atoms with E-state index in [-0.39, 0.29) is 17.5 Å². The molecule has 0 aliphatic heterocycles. The fraction of sp³-hybridized carbons (Fsp3) is 0.300. The Hall–Kier alpha value is -4.74. The molecule has 0 amide bonds. The van der Waals surface area contributed by atoms with Crippen molar-refractivity contribution in [3.8, 4) is 28.7 Å². The molecule has 0 atom stereocenters. The van der Waals surface area contributed by atoms with E-state index in [4.69, 9.17) is 4.52 Å². The summed E-state index contributed by atoms with van der Waals surface area (Å²) in [6.45, 7) is 15.1. The van der Waals surface area contributed by atoms with E-state index in [9.17, 15) is 13.2 Å². The predicted octanol–water partition coefficient (Wildman–Crippen LogP) is 7.02. The molecule has 4 rings (SSSR count). The standard InChI is InChI=1S/C30H32F3N7O2/c1-18(2)25(21(6)35-19(3)4)17-39(7)27-13-8-22(15-34-27)16-40-20(5)14-26(37-40)29-36-28(38-42-29)23-9-11-24(12-10-23)41-30(31,32)33/h8-15H,6,16-17H2,1-5,7H3. The van der Waals surface area contributed by atoms with Crippen LogP contribution in [0.15, 0.2) is 81.6 Å². The summed E-state index contributed by atoms with van der Waals surface area (Å²) >= 11 is 0. The molecule has 4 aromatic rings. The fourth-order valence-corrected chi connectivity index (χ4v) is 4.13. The highest BCUT2D eigenvalue weighted by Crippen LogP contribution is 2.27. The van der Waals surface area contributed by atoms with E-state index in [0.717, 1.165) is 39.6 Å². The Bertz CT molecular complexity index is 1610. The van der Waals surface area contributed by atoms with Gasteiger partial charge in [-0.15, -0.1) is 13.2 Å². The number of anilines is 1. The van der Waals surface area contributed by atoms with Crippen molar-refractivity contribution in [1.82, 2.24) is 24.9 Å². The number of hydrogen-bond donors (Lipinski definition) is 0. The number of aliphatic imine (C=N–C) groups is 1. The van der Waals surface area contributed by atoms with Crippen LogP contribution in [0, 0.1) is 6.92 Å². The fourth-order valence-electron chi connectivity index (χ4n) is 4.13. The number of halogens is 3. The molecule has 12 heteroatoms. The SMILES string of the molecule is C=C(N=C(C)C)C(CN(C)c1ccc(Cn2nc(-c3nc(-c4ccc(OC(F)(F)F)cc4)no3)cc2C)cn1)=C(C)C.